The summed E-state index contributed by atoms with van der Waals surface area (Å²) < 4.78 is 0. The highest BCUT2D eigenvalue weighted by molar-refractivity contribution is 6.00. The summed E-state index contributed by atoms with van der Waals surface area (Å²) in [5.41, 5.74) is 3.85. The lowest BCUT2D eigenvalue weighted by atomic mass is 9.87. The van der Waals surface area contributed by atoms with E-state index in [2.05, 4.69) is 5.32 Å². The number of carbonyl (C=O) groups excluding carboxylic acids is 3. The van der Waals surface area contributed by atoms with E-state index in [1.807, 2.05) is 31.2 Å². The maximum atomic E-state index is 14.2. The molecule has 3 amide bonds. The van der Waals surface area contributed by atoms with Gasteiger partial charge in [-0.1, -0.05) is 61.9 Å². The average molecular weight is 542 g/mol. The van der Waals surface area contributed by atoms with Gasteiger partial charge in [-0.15, -0.1) is 0 Å². The van der Waals surface area contributed by atoms with Crippen molar-refractivity contribution in [1.29, 1.82) is 0 Å². The molecule has 8 heteroatoms. The Morgan fingerprint density at radius 1 is 0.900 bits per heavy atom. The highest BCUT2D eigenvalue weighted by atomic mass is 16.3. The SMILES string of the molecule is CCCC(C(=O)NCCc1ccc(O)cc1)N1C(=O)[C@@H]2Cc3ccccc3CN2C(=O)[C@@H]1Cc1ccc(O)cc1. The minimum Gasteiger partial charge on any atom is -0.508 e. The van der Waals surface area contributed by atoms with Crippen molar-refractivity contribution in [2.24, 2.45) is 0 Å². The Morgan fingerprint density at radius 3 is 2.17 bits per heavy atom. The number of nitrogens with one attached hydrogen (secondary N) is 1. The molecule has 3 aromatic carbocycles. The molecule has 2 aliphatic rings. The van der Waals surface area contributed by atoms with E-state index in [0.717, 1.165) is 22.3 Å². The zero-order valence-electron chi connectivity index (χ0n) is 22.6. The minimum atomic E-state index is -0.835. The lowest BCUT2D eigenvalue weighted by Gasteiger charge is -2.49. The fourth-order valence-electron chi connectivity index (χ4n) is 5.80. The normalized spacial score (nSPS) is 19.1. The number of phenolic OH excluding ortho intramolecular Hbond substituents is 2. The summed E-state index contributed by atoms with van der Waals surface area (Å²) in [5, 5.41) is 22.3. The van der Waals surface area contributed by atoms with Crippen LogP contribution in [0.2, 0.25) is 0 Å². The predicted octanol–water partition coefficient (Wildman–Crippen LogP) is 3.33. The molecule has 0 aliphatic carbocycles. The van der Waals surface area contributed by atoms with Gasteiger partial charge in [-0.2, -0.15) is 0 Å². The van der Waals surface area contributed by atoms with Crippen molar-refractivity contribution in [3.8, 4) is 11.5 Å². The van der Waals surface area contributed by atoms with Crippen LogP contribution in [0.3, 0.4) is 0 Å². The quantitative estimate of drug-likeness (QED) is 0.385. The number of fused-ring (bicyclic) bond motifs is 2. The lowest BCUT2D eigenvalue weighted by molar-refractivity contribution is -0.167. The van der Waals surface area contributed by atoms with Crippen LogP contribution in [0.1, 0.15) is 42.0 Å². The van der Waals surface area contributed by atoms with E-state index in [9.17, 15) is 24.6 Å². The second-order valence-corrected chi connectivity index (χ2v) is 10.6. The molecule has 3 N–H and O–H groups in total. The van der Waals surface area contributed by atoms with Crippen molar-refractivity contribution in [3.05, 3.63) is 95.1 Å². The third-order valence-corrected chi connectivity index (χ3v) is 7.91. The second-order valence-electron chi connectivity index (χ2n) is 10.6. The monoisotopic (exact) mass is 541 g/mol. The van der Waals surface area contributed by atoms with Crippen LogP contribution in [0.4, 0.5) is 0 Å². The molecule has 1 fully saturated rings. The van der Waals surface area contributed by atoms with Crippen molar-refractivity contribution in [2.45, 2.75) is 63.7 Å². The van der Waals surface area contributed by atoms with Gasteiger partial charge in [-0.05, 0) is 59.4 Å². The van der Waals surface area contributed by atoms with Gasteiger partial charge < -0.3 is 25.3 Å². The van der Waals surface area contributed by atoms with E-state index in [-0.39, 0.29) is 35.6 Å². The third kappa shape index (κ3) is 5.66. The Hall–Kier alpha value is -4.33. The summed E-state index contributed by atoms with van der Waals surface area (Å²) in [6, 6.07) is 19.0. The smallest absolute Gasteiger partial charge is 0.247 e. The van der Waals surface area contributed by atoms with Crippen LogP contribution in [-0.4, -0.2) is 62.4 Å². The zero-order chi connectivity index (χ0) is 28.2. The number of rotatable bonds is 9. The van der Waals surface area contributed by atoms with Crippen molar-refractivity contribution in [1.82, 2.24) is 15.1 Å². The molecule has 0 bridgehead atoms. The zero-order valence-corrected chi connectivity index (χ0v) is 22.6. The Kier molecular flexibility index (Phi) is 8.05. The lowest BCUT2D eigenvalue weighted by Crippen LogP contribution is -2.70. The van der Waals surface area contributed by atoms with E-state index in [4.69, 9.17) is 0 Å². The number of amides is 3. The molecule has 3 aromatic rings. The molecule has 0 saturated carbocycles. The number of nitrogens with zero attached hydrogens (tertiary/aromatic N) is 2. The van der Waals surface area contributed by atoms with E-state index < -0.39 is 18.1 Å². The molecule has 0 aromatic heterocycles. The van der Waals surface area contributed by atoms with Crippen LogP contribution >= 0.6 is 0 Å². The Labute approximate surface area is 234 Å². The first-order valence-electron chi connectivity index (χ1n) is 13.9. The third-order valence-electron chi connectivity index (χ3n) is 7.91. The van der Waals surface area contributed by atoms with Gasteiger partial charge in [-0.3, -0.25) is 14.4 Å². The van der Waals surface area contributed by atoms with Crippen molar-refractivity contribution >= 4 is 17.7 Å². The molecular weight excluding hydrogens is 506 g/mol. The molecule has 2 aliphatic heterocycles. The Balaban J connectivity index is 1.43. The number of hydrogen-bond donors (Lipinski definition) is 3. The topological polar surface area (TPSA) is 110 Å². The first-order valence-corrected chi connectivity index (χ1v) is 13.9. The first kappa shape index (κ1) is 27.2. The van der Waals surface area contributed by atoms with E-state index in [1.54, 1.807) is 58.3 Å². The van der Waals surface area contributed by atoms with Gasteiger partial charge in [0.05, 0.1) is 0 Å². The molecule has 0 radical (unpaired) electrons. The van der Waals surface area contributed by atoms with Gasteiger partial charge in [0.15, 0.2) is 0 Å². The number of aromatic hydroxyl groups is 2. The molecule has 1 saturated heterocycles. The Morgan fingerprint density at radius 2 is 1.52 bits per heavy atom. The number of piperazine rings is 1. The van der Waals surface area contributed by atoms with Gasteiger partial charge in [0.1, 0.15) is 29.6 Å². The summed E-state index contributed by atoms with van der Waals surface area (Å²) in [6.45, 7) is 2.69. The molecule has 5 rings (SSSR count). The fraction of sp³-hybridized carbons (Fsp3) is 0.344. The van der Waals surface area contributed by atoms with Gasteiger partial charge >= 0.3 is 0 Å². The number of benzene rings is 3. The highest BCUT2D eigenvalue weighted by Gasteiger charge is 2.50. The van der Waals surface area contributed by atoms with Crippen LogP contribution in [0, 0.1) is 0 Å². The molecule has 0 spiro atoms. The summed E-state index contributed by atoms with van der Waals surface area (Å²) in [5.74, 6) is -0.336. The first-order chi connectivity index (χ1) is 19.4. The van der Waals surface area contributed by atoms with Crippen LogP contribution < -0.4 is 5.32 Å². The van der Waals surface area contributed by atoms with Gasteiger partial charge in [0.2, 0.25) is 17.7 Å². The Bertz CT molecular complexity index is 1370. The molecule has 40 heavy (non-hydrogen) atoms. The van der Waals surface area contributed by atoms with Crippen molar-refractivity contribution in [2.75, 3.05) is 6.54 Å². The molecule has 208 valence electrons. The molecule has 3 atom stereocenters. The standard InChI is InChI=1S/C32H35N3O5/c1-2-5-27(30(38)33-17-16-21-8-12-25(36)13-9-21)35-29(18-22-10-14-26(37)15-11-22)31(39)34-20-24-7-4-3-6-23(24)19-28(34)32(35)40/h3-4,6-15,27-29,36-37H,2,5,16-20H2,1H3,(H,33,38)/t27?,28-,29-/m0/s1. The molecular formula is C32H35N3O5. The van der Waals surface area contributed by atoms with Gasteiger partial charge in [0.25, 0.3) is 0 Å². The van der Waals surface area contributed by atoms with E-state index >= 15 is 0 Å². The number of carbonyl (C=O) groups is 3. The van der Waals surface area contributed by atoms with Crippen LogP contribution in [0.25, 0.3) is 0 Å². The van der Waals surface area contributed by atoms with Crippen LogP contribution in [-0.2, 0) is 40.2 Å². The van der Waals surface area contributed by atoms with Gasteiger partial charge in [-0.25, -0.2) is 0 Å². The van der Waals surface area contributed by atoms with E-state index in [0.29, 0.717) is 38.8 Å². The molecule has 8 nitrogen and oxygen atoms in total. The fourth-order valence-corrected chi connectivity index (χ4v) is 5.80. The summed E-state index contributed by atoms with van der Waals surface area (Å²) in [6.07, 6.45) is 2.33. The average Bonchev–Trinajstić information content (AvgIpc) is 2.96. The molecule has 1 unspecified atom stereocenters. The highest BCUT2D eigenvalue weighted by Crippen LogP contribution is 2.32. The van der Waals surface area contributed by atoms with Crippen molar-refractivity contribution in [3.63, 3.8) is 0 Å². The molecule has 2 heterocycles. The van der Waals surface area contributed by atoms with E-state index in [1.165, 1.54) is 0 Å². The second kappa shape index (κ2) is 11.8. The van der Waals surface area contributed by atoms with Crippen LogP contribution in [0.5, 0.6) is 11.5 Å². The maximum absolute atomic E-state index is 14.2. The predicted molar refractivity (Wildman–Crippen MR) is 150 cm³/mol. The largest absolute Gasteiger partial charge is 0.508 e. The minimum absolute atomic E-state index is 0.122. The summed E-state index contributed by atoms with van der Waals surface area (Å²) >= 11 is 0. The number of hydrogen-bond acceptors (Lipinski definition) is 5. The number of phenols is 2. The summed E-state index contributed by atoms with van der Waals surface area (Å²) in [4.78, 5) is 45.1. The van der Waals surface area contributed by atoms with Crippen LogP contribution in [0.15, 0.2) is 72.8 Å². The van der Waals surface area contributed by atoms with Crippen molar-refractivity contribution < 1.29 is 24.6 Å². The summed E-state index contributed by atoms with van der Waals surface area (Å²) in [7, 11) is 0. The maximum Gasteiger partial charge on any atom is 0.247 e. The van der Waals surface area contributed by atoms with Gasteiger partial charge in [0, 0.05) is 25.9 Å².